The van der Waals surface area contributed by atoms with Gasteiger partial charge in [0.2, 0.25) is 0 Å². The molecule has 0 unspecified atom stereocenters. The monoisotopic (exact) mass is 456 g/mol. The number of hydrogen-bond donors (Lipinski definition) is 2. The summed E-state index contributed by atoms with van der Waals surface area (Å²) in [5, 5.41) is 8.00. The number of carbonyl (C=O) groups excluding carboxylic acids is 2. The number of fused-ring (bicyclic) bond motifs is 2. The summed E-state index contributed by atoms with van der Waals surface area (Å²) >= 11 is 0. The first-order valence-corrected chi connectivity index (χ1v) is 10.9. The average Bonchev–Trinajstić information content (AvgIpc) is 3.20. The zero-order valence-corrected chi connectivity index (χ0v) is 18.4. The van der Waals surface area contributed by atoms with Crippen LogP contribution in [0.25, 0.3) is 10.9 Å². The summed E-state index contributed by atoms with van der Waals surface area (Å²) in [5.74, 6) is -0.792. The molecule has 1 aliphatic carbocycles. The first-order valence-electron chi connectivity index (χ1n) is 10.9. The lowest BCUT2D eigenvalue weighted by Gasteiger charge is -2.13. The van der Waals surface area contributed by atoms with E-state index in [1.165, 1.54) is 18.2 Å². The lowest BCUT2D eigenvalue weighted by molar-refractivity contribution is 0.0949. The van der Waals surface area contributed by atoms with Crippen molar-refractivity contribution in [3.63, 3.8) is 0 Å². The molecule has 2 N–H and O–H groups in total. The molecule has 0 aliphatic heterocycles. The Bertz CT molecular complexity index is 1450. The van der Waals surface area contributed by atoms with Crippen LogP contribution < -0.4 is 10.7 Å². The molecule has 8 heteroatoms. The van der Waals surface area contributed by atoms with Crippen molar-refractivity contribution in [3.8, 4) is 0 Å². The molecule has 0 spiro atoms. The quantitative estimate of drug-likeness (QED) is 0.423. The van der Waals surface area contributed by atoms with Crippen LogP contribution in [0.4, 0.5) is 10.1 Å². The summed E-state index contributed by atoms with van der Waals surface area (Å²) in [7, 11) is 0. The number of benzene rings is 2. The molecule has 5 rings (SSSR count). The van der Waals surface area contributed by atoms with Gasteiger partial charge in [-0.3, -0.25) is 14.6 Å². The van der Waals surface area contributed by atoms with E-state index >= 15 is 0 Å². The van der Waals surface area contributed by atoms with Gasteiger partial charge in [-0.2, -0.15) is 5.10 Å². The van der Waals surface area contributed by atoms with E-state index in [1.54, 1.807) is 19.2 Å². The summed E-state index contributed by atoms with van der Waals surface area (Å²) in [5.41, 5.74) is 5.71. The first-order chi connectivity index (χ1) is 16.5. The third kappa shape index (κ3) is 3.94. The lowest BCUT2D eigenvalue weighted by atomic mass is 9.93. The SMILES string of the molecule is Cc1c(C(=O)Nc2cccc3ncccc23)oc2c1/C(=N/NC(=O)c1ccccc1F)CCC2. The zero-order chi connectivity index (χ0) is 23.7. The number of aromatic nitrogens is 1. The van der Waals surface area contributed by atoms with E-state index in [2.05, 4.69) is 20.8 Å². The largest absolute Gasteiger partial charge is 0.455 e. The van der Waals surface area contributed by atoms with Crippen LogP contribution in [-0.4, -0.2) is 22.5 Å². The van der Waals surface area contributed by atoms with Gasteiger partial charge in [0.05, 0.1) is 22.5 Å². The topological polar surface area (TPSA) is 96.6 Å². The molecule has 1 aliphatic rings. The molecule has 0 saturated heterocycles. The molecule has 2 heterocycles. The minimum atomic E-state index is -0.638. The minimum Gasteiger partial charge on any atom is -0.455 e. The number of hydrazone groups is 1. The Morgan fingerprint density at radius 1 is 1.03 bits per heavy atom. The molecule has 2 aromatic carbocycles. The maximum absolute atomic E-state index is 13.9. The molecule has 0 saturated carbocycles. The van der Waals surface area contributed by atoms with Crippen LogP contribution in [0.5, 0.6) is 0 Å². The number of hydrogen-bond acceptors (Lipinski definition) is 5. The predicted molar refractivity (Wildman–Crippen MR) is 126 cm³/mol. The van der Waals surface area contributed by atoms with Crippen molar-refractivity contribution < 1.29 is 18.4 Å². The number of rotatable bonds is 4. The van der Waals surface area contributed by atoms with Crippen LogP contribution in [0.2, 0.25) is 0 Å². The maximum Gasteiger partial charge on any atom is 0.291 e. The second kappa shape index (κ2) is 8.90. The van der Waals surface area contributed by atoms with E-state index in [1.807, 2.05) is 30.3 Å². The fourth-order valence-electron chi connectivity index (χ4n) is 4.21. The number of halogens is 1. The highest BCUT2D eigenvalue weighted by Crippen LogP contribution is 2.31. The standard InChI is InChI=1S/C26H21FN4O3/c1-15-23-21(30-31-25(32)16-7-2-3-9-18(16)27)12-5-13-22(23)34-24(15)26(33)29-20-11-4-10-19-17(20)8-6-14-28-19/h2-4,6-11,14H,5,12-13H2,1H3,(H,29,33)(H,31,32)/b30-21+. The summed E-state index contributed by atoms with van der Waals surface area (Å²) in [6.07, 6.45) is 3.71. The van der Waals surface area contributed by atoms with Gasteiger partial charge in [0, 0.05) is 29.1 Å². The van der Waals surface area contributed by atoms with E-state index in [0.717, 1.165) is 17.3 Å². The Morgan fingerprint density at radius 2 is 1.88 bits per heavy atom. The fourth-order valence-corrected chi connectivity index (χ4v) is 4.21. The third-order valence-electron chi connectivity index (χ3n) is 5.84. The summed E-state index contributed by atoms with van der Waals surface area (Å²) in [4.78, 5) is 29.8. The molecule has 170 valence electrons. The number of nitrogens with zero attached hydrogens (tertiary/aromatic N) is 2. The molecule has 4 aromatic rings. The van der Waals surface area contributed by atoms with Crippen molar-refractivity contribution in [2.24, 2.45) is 5.10 Å². The van der Waals surface area contributed by atoms with E-state index in [4.69, 9.17) is 4.42 Å². The van der Waals surface area contributed by atoms with Gasteiger partial charge in [-0.15, -0.1) is 0 Å². The number of amides is 2. The summed E-state index contributed by atoms with van der Waals surface area (Å²) in [6, 6.07) is 14.9. The van der Waals surface area contributed by atoms with Gasteiger partial charge < -0.3 is 9.73 Å². The van der Waals surface area contributed by atoms with Gasteiger partial charge in [0.1, 0.15) is 11.6 Å². The summed E-state index contributed by atoms with van der Waals surface area (Å²) < 4.78 is 19.8. The number of carbonyl (C=O) groups is 2. The third-order valence-corrected chi connectivity index (χ3v) is 5.84. The Labute approximate surface area is 194 Å². The molecule has 0 fully saturated rings. The Hall–Kier alpha value is -4.33. The maximum atomic E-state index is 13.9. The molecule has 0 radical (unpaired) electrons. The van der Waals surface area contributed by atoms with Gasteiger partial charge in [0.25, 0.3) is 11.8 Å². The first kappa shape index (κ1) is 21.5. The highest BCUT2D eigenvalue weighted by molar-refractivity contribution is 6.11. The van der Waals surface area contributed by atoms with Crippen LogP contribution in [0.1, 0.15) is 50.6 Å². The average molecular weight is 456 g/mol. The van der Waals surface area contributed by atoms with Crippen molar-refractivity contribution >= 4 is 34.1 Å². The predicted octanol–water partition coefficient (Wildman–Crippen LogP) is 5.00. The second-order valence-corrected chi connectivity index (χ2v) is 8.02. The van der Waals surface area contributed by atoms with Crippen molar-refractivity contribution in [3.05, 3.63) is 94.8 Å². The minimum absolute atomic E-state index is 0.0866. The van der Waals surface area contributed by atoms with Crippen molar-refractivity contribution in [2.45, 2.75) is 26.2 Å². The van der Waals surface area contributed by atoms with E-state index in [9.17, 15) is 14.0 Å². The van der Waals surface area contributed by atoms with Crippen LogP contribution in [0.15, 0.2) is 70.3 Å². The van der Waals surface area contributed by atoms with Gasteiger partial charge in [-0.1, -0.05) is 18.2 Å². The van der Waals surface area contributed by atoms with Crippen LogP contribution in [0.3, 0.4) is 0 Å². The number of nitrogens with one attached hydrogen (secondary N) is 2. The summed E-state index contributed by atoms with van der Waals surface area (Å²) in [6.45, 7) is 1.79. The highest BCUT2D eigenvalue weighted by atomic mass is 19.1. The molecule has 0 bridgehead atoms. The number of aryl methyl sites for hydroxylation is 1. The van der Waals surface area contributed by atoms with Gasteiger partial charge >= 0.3 is 0 Å². The second-order valence-electron chi connectivity index (χ2n) is 8.02. The van der Waals surface area contributed by atoms with Crippen molar-refractivity contribution in [2.75, 3.05) is 5.32 Å². The normalized spacial score (nSPS) is 14.1. The molecule has 7 nitrogen and oxygen atoms in total. The Morgan fingerprint density at radius 3 is 2.74 bits per heavy atom. The molecule has 2 aromatic heterocycles. The number of pyridine rings is 1. The Kier molecular flexibility index (Phi) is 5.63. The number of anilines is 1. The Balaban J connectivity index is 1.42. The van der Waals surface area contributed by atoms with Crippen LogP contribution >= 0.6 is 0 Å². The lowest BCUT2D eigenvalue weighted by Crippen LogP contribution is -2.23. The van der Waals surface area contributed by atoms with E-state index < -0.39 is 11.7 Å². The van der Waals surface area contributed by atoms with E-state index in [0.29, 0.717) is 41.1 Å². The van der Waals surface area contributed by atoms with Crippen molar-refractivity contribution in [1.29, 1.82) is 0 Å². The molecule has 34 heavy (non-hydrogen) atoms. The van der Waals surface area contributed by atoms with Gasteiger partial charge in [-0.25, -0.2) is 9.82 Å². The molecule has 0 atom stereocenters. The molecular weight excluding hydrogens is 435 g/mol. The number of furan rings is 1. The molecule has 2 amide bonds. The van der Waals surface area contributed by atoms with Gasteiger partial charge in [0.15, 0.2) is 5.76 Å². The molecular formula is C26H21FN4O3. The van der Waals surface area contributed by atoms with E-state index in [-0.39, 0.29) is 17.2 Å². The smallest absolute Gasteiger partial charge is 0.291 e. The van der Waals surface area contributed by atoms with Gasteiger partial charge in [-0.05, 0) is 56.2 Å². The van der Waals surface area contributed by atoms with Crippen LogP contribution in [0, 0.1) is 12.7 Å². The van der Waals surface area contributed by atoms with Crippen molar-refractivity contribution in [1.82, 2.24) is 10.4 Å². The van der Waals surface area contributed by atoms with Crippen LogP contribution in [-0.2, 0) is 6.42 Å². The highest BCUT2D eigenvalue weighted by Gasteiger charge is 2.28. The fraction of sp³-hybridized carbons (Fsp3) is 0.154. The zero-order valence-electron chi connectivity index (χ0n) is 18.4.